The lowest BCUT2D eigenvalue weighted by Gasteiger charge is -2.07. The normalized spacial score (nSPS) is 10.6. The summed E-state index contributed by atoms with van der Waals surface area (Å²) in [4.78, 5) is 24.0. The maximum absolute atomic E-state index is 13.7. The molecule has 3 rings (SSSR count). The fraction of sp³-hybridized carbons (Fsp3) is 0. The molecule has 0 bridgehead atoms. The maximum Gasteiger partial charge on any atom is 0.276 e. The van der Waals surface area contributed by atoms with E-state index in [1.807, 2.05) is 0 Å². The lowest BCUT2D eigenvalue weighted by molar-refractivity contribution is 0.102. The SMILES string of the molecule is O=C(Nc1ccc(Cl)cc1F)c1n[nH]c(=O)c2ccccc12. The van der Waals surface area contributed by atoms with Gasteiger partial charge in [0.25, 0.3) is 11.5 Å². The number of rotatable bonds is 2. The molecule has 0 spiro atoms. The fourth-order valence-electron chi connectivity index (χ4n) is 2.06. The van der Waals surface area contributed by atoms with Crippen LogP contribution in [0.4, 0.5) is 10.1 Å². The van der Waals surface area contributed by atoms with Gasteiger partial charge in [0.05, 0.1) is 11.1 Å². The summed E-state index contributed by atoms with van der Waals surface area (Å²) < 4.78 is 13.7. The number of H-pyrrole nitrogens is 1. The summed E-state index contributed by atoms with van der Waals surface area (Å²) in [6.07, 6.45) is 0. The van der Waals surface area contributed by atoms with Gasteiger partial charge in [-0.15, -0.1) is 0 Å². The van der Waals surface area contributed by atoms with Gasteiger partial charge >= 0.3 is 0 Å². The number of aromatic nitrogens is 2. The van der Waals surface area contributed by atoms with Gasteiger partial charge in [-0.1, -0.05) is 29.8 Å². The molecule has 0 saturated carbocycles. The van der Waals surface area contributed by atoms with Gasteiger partial charge < -0.3 is 5.32 Å². The third kappa shape index (κ3) is 2.56. The number of nitrogens with zero attached hydrogens (tertiary/aromatic N) is 1. The third-order valence-corrected chi connectivity index (χ3v) is 3.33. The Hall–Kier alpha value is -2.73. The van der Waals surface area contributed by atoms with Crippen LogP contribution in [0.3, 0.4) is 0 Å². The van der Waals surface area contributed by atoms with E-state index in [1.165, 1.54) is 12.1 Å². The number of aromatic amines is 1. The van der Waals surface area contributed by atoms with Crippen molar-refractivity contribution in [3.8, 4) is 0 Å². The van der Waals surface area contributed by atoms with Crippen LogP contribution in [0.5, 0.6) is 0 Å². The molecule has 22 heavy (non-hydrogen) atoms. The quantitative estimate of drug-likeness (QED) is 0.763. The van der Waals surface area contributed by atoms with Gasteiger partial charge in [-0.25, -0.2) is 9.49 Å². The summed E-state index contributed by atoms with van der Waals surface area (Å²) >= 11 is 5.66. The van der Waals surface area contributed by atoms with E-state index in [0.717, 1.165) is 6.07 Å². The molecule has 0 saturated heterocycles. The lowest BCUT2D eigenvalue weighted by Crippen LogP contribution is -2.19. The highest BCUT2D eigenvalue weighted by Gasteiger charge is 2.15. The van der Waals surface area contributed by atoms with Gasteiger partial charge in [0.2, 0.25) is 0 Å². The third-order valence-electron chi connectivity index (χ3n) is 3.09. The molecule has 0 aliphatic heterocycles. The standard InChI is InChI=1S/C15H9ClFN3O2/c16-8-5-6-12(11(17)7-8)18-15(22)13-9-3-1-2-4-10(9)14(21)20-19-13/h1-7H,(H,18,22)(H,20,21). The Bertz CT molecular complexity index is 939. The number of benzene rings is 2. The van der Waals surface area contributed by atoms with E-state index >= 15 is 0 Å². The van der Waals surface area contributed by atoms with Crippen molar-refractivity contribution >= 4 is 34.0 Å². The monoisotopic (exact) mass is 317 g/mol. The number of halogens is 2. The molecule has 0 radical (unpaired) electrons. The number of hydrogen-bond acceptors (Lipinski definition) is 3. The van der Waals surface area contributed by atoms with Gasteiger partial charge in [-0.2, -0.15) is 5.10 Å². The minimum absolute atomic E-state index is 0.00421. The lowest BCUT2D eigenvalue weighted by atomic mass is 10.1. The van der Waals surface area contributed by atoms with E-state index in [9.17, 15) is 14.0 Å². The fourth-order valence-corrected chi connectivity index (χ4v) is 2.22. The molecular weight excluding hydrogens is 309 g/mol. The maximum atomic E-state index is 13.7. The zero-order valence-corrected chi connectivity index (χ0v) is 11.8. The smallest absolute Gasteiger partial charge is 0.276 e. The predicted octanol–water partition coefficient (Wildman–Crippen LogP) is 2.97. The summed E-state index contributed by atoms with van der Waals surface area (Å²) in [7, 11) is 0. The topological polar surface area (TPSA) is 74.8 Å². The Kier molecular flexibility index (Phi) is 3.60. The zero-order chi connectivity index (χ0) is 15.7. The molecule has 2 aromatic carbocycles. The number of anilines is 1. The van der Waals surface area contributed by atoms with Crippen molar-refractivity contribution in [3.05, 3.63) is 69.4 Å². The predicted molar refractivity (Wildman–Crippen MR) is 81.7 cm³/mol. The summed E-state index contributed by atoms with van der Waals surface area (Å²) in [5.74, 6) is -1.29. The average Bonchev–Trinajstić information content (AvgIpc) is 2.50. The van der Waals surface area contributed by atoms with Crippen molar-refractivity contribution in [2.45, 2.75) is 0 Å². The van der Waals surface area contributed by atoms with Gasteiger partial charge in [-0.3, -0.25) is 9.59 Å². The Morgan fingerprint density at radius 2 is 1.91 bits per heavy atom. The van der Waals surface area contributed by atoms with Crippen LogP contribution in [0.25, 0.3) is 10.8 Å². The van der Waals surface area contributed by atoms with Crippen LogP contribution in [0, 0.1) is 5.82 Å². The van der Waals surface area contributed by atoms with E-state index in [0.29, 0.717) is 10.8 Å². The molecule has 2 N–H and O–H groups in total. The van der Waals surface area contributed by atoms with Crippen LogP contribution in [-0.2, 0) is 0 Å². The Labute approximate surface area is 128 Å². The van der Waals surface area contributed by atoms with Gasteiger partial charge in [0.1, 0.15) is 5.82 Å². The molecule has 1 heterocycles. The van der Waals surface area contributed by atoms with E-state index in [4.69, 9.17) is 11.6 Å². The Morgan fingerprint density at radius 3 is 2.64 bits per heavy atom. The number of carbonyl (C=O) groups excluding carboxylic acids is 1. The number of fused-ring (bicyclic) bond motifs is 1. The zero-order valence-electron chi connectivity index (χ0n) is 11.1. The molecule has 110 valence electrons. The Morgan fingerprint density at radius 1 is 1.18 bits per heavy atom. The number of nitrogens with one attached hydrogen (secondary N) is 2. The highest BCUT2D eigenvalue weighted by molar-refractivity contribution is 6.30. The first-order chi connectivity index (χ1) is 10.6. The first kappa shape index (κ1) is 14.2. The molecule has 7 heteroatoms. The second-order valence-electron chi connectivity index (χ2n) is 4.53. The molecule has 0 atom stereocenters. The van der Waals surface area contributed by atoms with Crippen molar-refractivity contribution in [2.24, 2.45) is 0 Å². The van der Waals surface area contributed by atoms with Crippen LogP contribution < -0.4 is 10.9 Å². The van der Waals surface area contributed by atoms with E-state index in [2.05, 4.69) is 15.5 Å². The largest absolute Gasteiger partial charge is 0.318 e. The second-order valence-corrected chi connectivity index (χ2v) is 4.96. The number of amides is 1. The molecular formula is C15H9ClFN3O2. The van der Waals surface area contributed by atoms with E-state index in [1.54, 1.807) is 24.3 Å². The molecule has 1 amide bonds. The Balaban J connectivity index is 2.03. The molecule has 0 aliphatic carbocycles. The van der Waals surface area contributed by atoms with Crippen LogP contribution >= 0.6 is 11.6 Å². The minimum Gasteiger partial charge on any atom is -0.318 e. The van der Waals surface area contributed by atoms with Gasteiger partial charge in [-0.05, 0) is 24.3 Å². The second kappa shape index (κ2) is 5.57. The van der Waals surface area contributed by atoms with E-state index in [-0.39, 0.29) is 16.4 Å². The van der Waals surface area contributed by atoms with Crippen LogP contribution in [0.2, 0.25) is 5.02 Å². The molecule has 5 nitrogen and oxygen atoms in total. The van der Waals surface area contributed by atoms with Crippen molar-refractivity contribution in [3.63, 3.8) is 0 Å². The van der Waals surface area contributed by atoms with Crippen LogP contribution in [-0.4, -0.2) is 16.1 Å². The average molecular weight is 318 g/mol. The molecule has 3 aromatic rings. The molecule has 1 aromatic heterocycles. The van der Waals surface area contributed by atoms with Gasteiger partial charge in [0.15, 0.2) is 5.69 Å². The highest BCUT2D eigenvalue weighted by atomic mass is 35.5. The van der Waals surface area contributed by atoms with Crippen molar-refractivity contribution in [1.29, 1.82) is 0 Å². The molecule has 0 fully saturated rings. The number of carbonyl (C=O) groups is 1. The summed E-state index contributed by atoms with van der Waals surface area (Å²) in [5.41, 5.74) is -0.416. The summed E-state index contributed by atoms with van der Waals surface area (Å²) in [5, 5.41) is 9.36. The molecule has 0 aliphatic rings. The van der Waals surface area contributed by atoms with Crippen LogP contribution in [0.1, 0.15) is 10.5 Å². The summed E-state index contributed by atoms with van der Waals surface area (Å²) in [6.45, 7) is 0. The summed E-state index contributed by atoms with van der Waals surface area (Å²) in [6, 6.07) is 10.4. The highest BCUT2D eigenvalue weighted by Crippen LogP contribution is 2.20. The van der Waals surface area contributed by atoms with Crippen LogP contribution in [0.15, 0.2) is 47.3 Å². The van der Waals surface area contributed by atoms with Crippen molar-refractivity contribution in [1.82, 2.24) is 10.2 Å². The minimum atomic E-state index is -0.658. The van der Waals surface area contributed by atoms with Crippen molar-refractivity contribution < 1.29 is 9.18 Å². The van der Waals surface area contributed by atoms with E-state index < -0.39 is 17.3 Å². The number of hydrogen-bond donors (Lipinski definition) is 2. The van der Waals surface area contributed by atoms with Crippen molar-refractivity contribution in [2.75, 3.05) is 5.32 Å². The molecule has 0 unspecified atom stereocenters. The van der Waals surface area contributed by atoms with Gasteiger partial charge in [0, 0.05) is 10.4 Å². The first-order valence-electron chi connectivity index (χ1n) is 6.30. The first-order valence-corrected chi connectivity index (χ1v) is 6.68.